The molecule has 1 saturated heterocycles. The number of benzene rings is 2. The van der Waals surface area contributed by atoms with Crippen LogP contribution < -0.4 is 5.32 Å². The molecule has 0 atom stereocenters. The number of hydrogen-bond donors (Lipinski definition) is 2. The monoisotopic (exact) mass is 410 g/mol. The van der Waals surface area contributed by atoms with Gasteiger partial charge in [-0.2, -0.15) is 0 Å². The first-order valence-electron chi connectivity index (χ1n) is 9.86. The Bertz CT molecular complexity index is 948. The fourth-order valence-electron chi connectivity index (χ4n) is 3.53. The molecule has 0 radical (unpaired) electrons. The molecule has 0 spiro atoms. The van der Waals surface area contributed by atoms with Gasteiger partial charge in [-0.25, -0.2) is 0 Å². The van der Waals surface area contributed by atoms with Gasteiger partial charge in [-0.1, -0.05) is 18.2 Å². The summed E-state index contributed by atoms with van der Waals surface area (Å²) in [5.41, 5.74) is 1.74. The minimum atomic E-state index is -0.524. The van der Waals surface area contributed by atoms with Crippen molar-refractivity contribution in [2.75, 3.05) is 25.1 Å². The maximum absolute atomic E-state index is 12.4. The number of phenolic OH excluding ortho intramolecular Hbond substituents is 1. The molecule has 0 unspecified atom stereocenters. The summed E-state index contributed by atoms with van der Waals surface area (Å²) in [5, 5.41) is 12.7. The molecule has 8 heteroatoms. The molecule has 0 saturated carbocycles. The first kappa shape index (κ1) is 20.1. The Balaban J connectivity index is 1.32. The summed E-state index contributed by atoms with van der Waals surface area (Å²) >= 11 is 0. The van der Waals surface area contributed by atoms with Gasteiger partial charge in [-0.3, -0.25) is 19.3 Å². The molecule has 2 aromatic carbocycles. The summed E-state index contributed by atoms with van der Waals surface area (Å²) in [5.74, 6) is -1.07. The topological polar surface area (TPSA) is 105 Å². The lowest BCUT2D eigenvalue weighted by atomic mass is 10.1. The molecule has 2 heterocycles. The maximum Gasteiger partial charge on any atom is 0.261 e. The third kappa shape index (κ3) is 4.05. The Hall–Kier alpha value is -3.23. The van der Waals surface area contributed by atoms with Crippen molar-refractivity contribution in [2.45, 2.75) is 25.6 Å². The van der Waals surface area contributed by atoms with Crippen LogP contribution in [-0.2, 0) is 14.3 Å². The van der Waals surface area contributed by atoms with Crippen molar-refractivity contribution < 1.29 is 29.0 Å². The molecule has 4 rings (SSSR count). The minimum absolute atomic E-state index is 0.0664. The van der Waals surface area contributed by atoms with Gasteiger partial charge in [-0.15, -0.1) is 0 Å². The van der Waals surface area contributed by atoms with Crippen molar-refractivity contribution in [3.05, 3.63) is 59.2 Å². The predicted molar refractivity (Wildman–Crippen MR) is 107 cm³/mol. The molecule has 3 amide bonds. The number of carbonyl (C=O) groups excluding carboxylic acids is 3. The van der Waals surface area contributed by atoms with Gasteiger partial charge in [0.15, 0.2) is 6.29 Å². The SMILES string of the molecule is O=C(CCCN1C(=O)c2ccccc2C1=O)Nc1cc(C2OCCCO2)ccc1O. The van der Waals surface area contributed by atoms with Crippen LogP contribution in [0.5, 0.6) is 5.75 Å². The fourth-order valence-corrected chi connectivity index (χ4v) is 3.53. The number of ether oxygens (including phenoxy) is 2. The number of hydrogen-bond acceptors (Lipinski definition) is 6. The van der Waals surface area contributed by atoms with Gasteiger partial charge in [-0.05, 0) is 37.1 Å². The van der Waals surface area contributed by atoms with Crippen LogP contribution in [0.25, 0.3) is 0 Å². The van der Waals surface area contributed by atoms with Crippen LogP contribution in [0.4, 0.5) is 5.69 Å². The third-order valence-electron chi connectivity index (χ3n) is 5.06. The Labute approximate surface area is 173 Å². The van der Waals surface area contributed by atoms with Crippen LogP contribution in [0, 0.1) is 0 Å². The predicted octanol–water partition coefficient (Wildman–Crippen LogP) is 2.84. The van der Waals surface area contributed by atoms with Crippen LogP contribution in [0.3, 0.4) is 0 Å². The standard InChI is InChI=1S/C22H22N2O6/c25-18-9-8-14(22-29-11-4-12-30-22)13-17(18)23-19(26)7-3-10-24-20(27)15-5-1-2-6-16(15)21(24)28/h1-2,5-6,8-9,13,22,25H,3-4,7,10-12H2,(H,23,26). The maximum atomic E-state index is 12.4. The molecule has 2 aromatic rings. The van der Waals surface area contributed by atoms with Crippen molar-refractivity contribution in [1.82, 2.24) is 4.90 Å². The summed E-state index contributed by atoms with van der Waals surface area (Å²) in [6.07, 6.45) is 0.703. The molecule has 8 nitrogen and oxygen atoms in total. The van der Waals surface area contributed by atoms with Gasteiger partial charge in [0.05, 0.1) is 30.0 Å². The smallest absolute Gasteiger partial charge is 0.261 e. The highest BCUT2D eigenvalue weighted by molar-refractivity contribution is 6.21. The first-order valence-corrected chi connectivity index (χ1v) is 9.86. The van der Waals surface area contributed by atoms with Gasteiger partial charge in [0.1, 0.15) is 5.75 Å². The van der Waals surface area contributed by atoms with Crippen LogP contribution in [0.1, 0.15) is 51.8 Å². The van der Waals surface area contributed by atoms with Crippen LogP contribution in [0.15, 0.2) is 42.5 Å². The number of anilines is 1. The second kappa shape index (κ2) is 8.64. The van der Waals surface area contributed by atoms with Crippen molar-refractivity contribution in [1.29, 1.82) is 0 Å². The van der Waals surface area contributed by atoms with Crippen LogP contribution in [0.2, 0.25) is 0 Å². The van der Waals surface area contributed by atoms with Crippen molar-refractivity contribution >= 4 is 23.4 Å². The highest BCUT2D eigenvalue weighted by Gasteiger charge is 2.34. The van der Waals surface area contributed by atoms with E-state index in [4.69, 9.17) is 9.47 Å². The van der Waals surface area contributed by atoms with Crippen LogP contribution in [-0.4, -0.2) is 47.5 Å². The summed E-state index contributed by atoms with van der Waals surface area (Å²) in [4.78, 5) is 38.2. The molecular weight excluding hydrogens is 388 g/mol. The van der Waals surface area contributed by atoms with Crippen molar-refractivity contribution in [2.24, 2.45) is 0 Å². The second-order valence-corrected chi connectivity index (χ2v) is 7.16. The normalized spacial score (nSPS) is 16.6. The summed E-state index contributed by atoms with van der Waals surface area (Å²) in [7, 11) is 0. The lowest BCUT2D eigenvalue weighted by Gasteiger charge is -2.24. The van der Waals surface area contributed by atoms with E-state index in [1.165, 1.54) is 6.07 Å². The van der Waals surface area contributed by atoms with Gasteiger partial charge < -0.3 is 19.9 Å². The van der Waals surface area contributed by atoms with Gasteiger partial charge in [0.2, 0.25) is 5.91 Å². The average molecular weight is 410 g/mol. The van der Waals surface area contributed by atoms with Gasteiger partial charge in [0.25, 0.3) is 11.8 Å². The molecule has 0 aromatic heterocycles. The first-order chi connectivity index (χ1) is 14.5. The molecule has 156 valence electrons. The van der Waals surface area contributed by atoms with E-state index < -0.39 is 6.29 Å². The Morgan fingerprint density at radius 3 is 2.40 bits per heavy atom. The van der Waals surface area contributed by atoms with Crippen LogP contribution >= 0.6 is 0 Å². The zero-order valence-electron chi connectivity index (χ0n) is 16.3. The number of nitrogens with one attached hydrogen (secondary N) is 1. The Morgan fingerprint density at radius 1 is 1.07 bits per heavy atom. The van der Waals surface area contributed by atoms with E-state index in [9.17, 15) is 19.5 Å². The molecule has 2 N–H and O–H groups in total. The Morgan fingerprint density at radius 2 is 1.73 bits per heavy atom. The fraction of sp³-hybridized carbons (Fsp3) is 0.318. The molecule has 1 fully saturated rings. The molecule has 2 aliphatic heterocycles. The number of rotatable bonds is 6. The second-order valence-electron chi connectivity index (χ2n) is 7.16. The molecule has 0 bridgehead atoms. The zero-order valence-corrected chi connectivity index (χ0v) is 16.3. The quantitative estimate of drug-likeness (QED) is 0.560. The number of carbonyl (C=O) groups is 3. The lowest BCUT2D eigenvalue weighted by molar-refractivity contribution is -0.183. The third-order valence-corrected chi connectivity index (χ3v) is 5.06. The summed E-state index contributed by atoms with van der Waals surface area (Å²) in [6.45, 7) is 1.33. The molecule has 2 aliphatic rings. The van der Waals surface area contributed by atoms with Gasteiger partial charge >= 0.3 is 0 Å². The van der Waals surface area contributed by atoms with Gasteiger partial charge in [0, 0.05) is 18.5 Å². The highest BCUT2D eigenvalue weighted by Crippen LogP contribution is 2.30. The summed E-state index contributed by atoms with van der Waals surface area (Å²) < 4.78 is 11.1. The number of imide groups is 1. The van der Waals surface area contributed by atoms with Crippen molar-refractivity contribution in [3.63, 3.8) is 0 Å². The van der Waals surface area contributed by atoms with E-state index in [-0.39, 0.29) is 42.1 Å². The number of amides is 3. The largest absolute Gasteiger partial charge is 0.506 e. The van der Waals surface area contributed by atoms with E-state index in [0.29, 0.717) is 36.3 Å². The van der Waals surface area contributed by atoms with Crippen molar-refractivity contribution in [3.8, 4) is 5.75 Å². The minimum Gasteiger partial charge on any atom is -0.506 e. The molecule has 30 heavy (non-hydrogen) atoms. The highest BCUT2D eigenvalue weighted by atomic mass is 16.7. The number of phenols is 1. The zero-order chi connectivity index (χ0) is 21.1. The number of nitrogens with zero attached hydrogens (tertiary/aromatic N) is 1. The Kier molecular flexibility index (Phi) is 5.78. The van der Waals surface area contributed by atoms with E-state index in [1.54, 1.807) is 36.4 Å². The summed E-state index contributed by atoms with van der Waals surface area (Å²) in [6, 6.07) is 11.5. The molecule has 0 aliphatic carbocycles. The van der Waals surface area contributed by atoms with E-state index >= 15 is 0 Å². The van der Waals surface area contributed by atoms with E-state index in [0.717, 1.165) is 11.3 Å². The van der Waals surface area contributed by atoms with E-state index in [2.05, 4.69) is 5.32 Å². The number of fused-ring (bicyclic) bond motifs is 1. The molecular formula is C22H22N2O6. The average Bonchev–Trinajstić information content (AvgIpc) is 3.01. The number of aromatic hydroxyl groups is 1. The lowest BCUT2D eigenvalue weighted by Crippen LogP contribution is -2.31. The van der Waals surface area contributed by atoms with E-state index in [1.807, 2.05) is 0 Å².